The molecule has 2 rings (SSSR count). The average Bonchev–Trinajstić information content (AvgIpc) is 2.54. The fraction of sp³-hybridized carbons (Fsp3) is 0.235. The Morgan fingerprint density at radius 1 is 0.571 bits per heavy atom. The summed E-state index contributed by atoms with van der Waals surface area (Å²) in [6, 6.07) is 11.3. The summed E-state index contributed by atoms with van der Waals surface area (Å²) in [6.45, 7) is 0. The van der Waals surface area contributed by atoms with Crippen molar-refractivity contribution < 1.29 is 18.9 Å². The highest BCUT2D eigenvalue weighted by atomic mass is 16.5. The Bertz CT molecular complexity index is 554. The molecule has 0 aromatic heterocycles. The molecule has 2 aromatic carbocycles. The molecule has 110 valence electrons. The standard InChI is InChI=1S/C17H18O4/c1-18-14-7-5-12(10-16(14)20-3)9-13-6-8-15(19-2)17(11-13)21-4/h5-8,10-11H,1-4H3. The molecule has 0 spiro atoms. The van der Waals surface area contributed by atoms with E-state index in [1.807, 2.05) is 36.4 Å². The van der Waals surface area contributed by atoms with Gasteiger partial charge in [-0.25, -0.2) is 0 Å². The van der Waals surface area contributed by atoms with Crippen molar-refractivity contribution in [1.82, 2.24) is 0 Å². The van der Waals surface area contributed by atoms with E-state index in [1.54, 1.807) is 28.4 Å². The highest BCUT2D eigenvalue weighted by molar-refractivity contribution is 5.51. The van der Waals surface area contributed by atoms with Crippen LogP contribution in [0.5, 0.6) is 23.0 Å². The number of benzene rings is 2. The van der Waals surface area contributed by atoms with Gasteiger partial charge in [0.05, 0.1) is 34.9 Å². The summed E-state index contributed by atoms with van der Waals surface area (Å²) in [4.78, 5) is 0. The van der Waals surface area contributed by atoms with Crippen LogP contribution in [-0.2, 0) is 0 Å². The van der Waals surface area contributed by atoms with Crippen LogP contribution in [0.1, 0.15) is 11.1 Å². The Morgan fingerprint density at radius 3 is 1.29 bits per heavy atom. The molecule has 0 fully saturated rings. The van der Waals surface area contributed by atoms with Gasteiger partial charge >= 0.3 is 0 Å². The SMILES string of the molecule is COc1ccc([C]c2ccc(OC)c(OC)c2)cc1OC. The molecule has 0 N–H and O–H groups in total. The molecule has 0 aliphatic heterocycles. The fourth-order valence-electron chi connectivity index (χ4n) is 1.99. The van der Waals surface area contributed by atoms with E-state index in [0.29, 0.717) is 23.0 Å². The van der Waals surface area contributed by atoms with Gasteiger partial charge in [0, 0.05) is 0 Å². The first-order chi connectivity index (χ1) is 10.2. The molecule has 4 heteroatoms. The van der Waals surface area contributed by atoms with Gasteiger partial charge in [0.25, 0.3) is 0 Å². The van der Waals surface area contributed by atoms with Gasteiger partial charge < -0.3 is 18.9 Å². The molecule has 0 aliphatic carbocycles. The summed E-state index contributed by atoms with van der Waals surface area (Å²) in [5.74, 6) is 2.72. The van der Waals surface area contributed by atoms with Crippen molar-refractivity contribution in [3.63, 3.8) is 0 Å². The lowest BCUT2D eigenvalue weighted by atomic mass is 10.0. The van der Waals surface area contributed by atoms with E-state index in [0.717, 1.165) is 11.1 Å². The lowest BCUT2D eigenvalue weighted by Crippen LogP contribution is -1.94. The van der Waals surface area contributed by atoms with E-state index in [1.165, 1.54) is 0 Å². The predicted molar refractivity (Wildman–Crippen MR) is 80.5 cm³/mol. The van der Waals surface area contributed by atoms with E-state index in [2.05, 4.69) is 6.42 Å². The van der Waals surface area contributed by atoms with E-state index in [-0.39, 0.29) is 0 Å². The van der Waals surface area contributed by atoms with Crippen LogP contribution in [0.4, 0.5) is 0 Å². The van der Waals surface area contributed by atoms with Crippen LogP contribution >= 0.6 is 0 Å². The number of methoxy groups -OCH3 is 4. The van der Waals surface area contributed by atoms with Gasteiger partial charge in [-0.2, -0.15) is 0 Å². The van der Waals surface area contributed by atoms with E-state index >= 15 is 0 Å². The van der Waals surface area contributed by atoms with Crippen molar-refractivity contribution >= 4 is 0 Å². The topological polar surface area (TPSA) is 36.9 Å². The molecular formula is C17H18O4. The third kappa shape index (κ3) is 3.40. The van der Waals surface area contributed by atoms with Gasteiger partial charge in [0.1, 0.15) is 0 Å². The zero-order valence-electron chi connectivity index (χ0n) is 12.6. The van der Waals surface area contributed by atoms with Crippen LogP contribution in [-0.4, -0.2) is 28.4 Å². The first-order valence-corrected chi connectivity index (χ1v) is 6.43. The summed E-state index contributed by atoms with van der Waals surface area (Å²) in [5, 5.41) is 0. The van der Waals surface area contributed by atoms with Gasteiger partial charge in [-0.15, -0.1) is 0 Å². The second-order valence-corrected chi connectivity index (χ2v) is 4.26. The first kappa shape index (κ1) is 15.0. The van der Waals surface area contributed by atoms with E-state index in [9.17, 15) is 0 Å². The highest BCUT2D eigenvalue weighted by Crippen LogP contribution is 2.31. The Balaban J connectivity index is 2.25. The zero-order chi connectivity index (χ0) is 15.2. The second-order valence-electron chi connectivity index (χ2n) is 4.26. The Hall–Kier alpha value is -2.36. The van der Waals surface area contributed by atoms with Crippen LogP contribution in [0.25, 0.3) is 0 Å². The van der Waals surface area contributed by atoms with Crippen LogP contribution in [0.2, 0.25) is 0 Å². The minimum atomic E-state index is 0.669. The quantitative estimate of drug-likeness (QED) is 0.817. The molecule has 0 saturated heterocycles. The van der Waals surface area contributed by atoms with Gasteiger partial charge in [-0.1, -0.05) is 12.1 Å². The number of hydrogen-bond acceptors (Lipinski definition) is 4. The number of rotatable bonds is 6. The third-order valence-electron chi connectivity index (χ3n) is 3.06. The van der Waals surface area contributed by atoms with Crippen molar-refractivity contribution in [2.75, 3.05) is 28.4 Å². The van der Waals surface area contributed by atoms with Crippen LogP contribution < -0.4 is 18.9 Å². The molecule has 4 nitrogen and oxygen atoms in total. The van der Waals surface area contributed by atoms with Crippen molar-refractivity contribution in [3.8, 4) is 23.0 Å². The number of ether oxygens (including phenoxy) is 4. The smallest absolute Gasteiger partial charge is 0.161 e. The summed E-state index contributed by atoms with van der Waals surface area (Å²) < 4.78 is 21.0. The van der Waals surface area contributed by atoms with E-state index in [4.69, 9.17) is 18.9 Å². The zero-order valence-corrected chi connectivity index (χ0v) is 12.6. The summed E-state index contributed by atoms with van der Waals surface area (Å²) in [7, 11) is 6.44. The lowest BCUT2D eigenvalue weighted by molar-refractivity contribution is 0.354. The van der Waals surface area contributed by atoms with Crippen LogP contribution in [0.15, 0.2) is 36.4 Å². The average molecular weight is 286 g/mol. The molecule has 0 aliphatic rings. The van der Waals surface area contributed by atoms with Crippen LogP contribution in [0.3, 0.4) is 0 Å². The van der Waals surface area contributed by atoms with Gasteiger partial charge in [-0.3, -0.25) is 0 Å². The maximum Gasteiger partial charge on any atom is 0.161 e. The monoisotopic (exact) mass is 286 g/mol. The third-order valence-corrected chi connectivity index (χ3v) is 3.06. The molecular weight excluding hydrogens is 268 g/mol. The minimum absolute atomic E-state index is 0.669. The number of hydrogen-bond donors (Lipinski definition) is 0. The van der Waals surface area contributed by atoms with Crippen LogP contribution in [0, 0.1) is 6.42 Å². The Kier molecular flexibility index (Phi) is 4.93. The molecule has 0 unspecified atom stereocenters. The summed E-state index contributed by atoms with van der Waals surface area (Å²) in [6.07, 6.45) is 3.28. The summed E-state index contributed by atoms with van der Waals surface area (Å²) in [5.41, 5.74) is 1.78. The fourth-order valence-corrected chi connectivity index (χ4v) is 1.99. The normalized spacial score (nSPS) is 10.1. The summed E-state index contributed by atoms with van der Waals surface area (Å²) >= 11 is 0. The highest BCUT2D eigenvalue weighted by Gasteiger charge is 2.08. The van der Waals surface area contributed by atoms with Crippen molar-refractivity contribution in [2.45, 2.75) is 0 Å². The van der Waals surface area contributed by atoms with Crippen molar-refractivity contribution in [3.05, 3.63) is 53.9 Å². The molecule has 21 heavy (non-hydrogen) atoms. The van der Waals surface area contributed by atoms with Gasteiger partial charge in [-0.05, 0) is 35.4 Å². The molecule has 0 amide bonds. The lowest BCUT2D eigenvalue weighted by Gasteiger charge is -2.11. The maximum atomic E-state index is 5.29. The second kappa shape index (κ2) is 6.88. The van der Waals surface area contributed by atoms with Crippen molar-refractivity contribution in [2.24, 2.45) is 0 Å². The maximum absolute atomic E-state index is 5.29. The van der Waals surface area contributed by atoms with Gasteiger partial charge in [0.2, 0.25) is 0 Å². The Morgan fingerprint density at radius 2 is 0.952 bits per heavy atom. The molecule has 0 atom stereocenters. The first-order valence-electron chi connectivity index (χ1n) is 6.43. The predicted octanol–water partition coefficient (Wildman–Crippen LogP) is 3.20. The molecule has 0 saturated carbocycles. The van der Waals surface area contributed by atoms with Gasteiger partial charge in [0.15, 0.2) is 23.0 Å². The van der Waals surface area contributed by atoms with Crippen molar-refractivity contribution in [1.29, 1.82) is 0 Å². The molecule has 0 bridgehead atoms. The Labute approximate surface area is 125 Å². The largest absolute Gasteiger partial charge is 0.493 e. The molecule has 2 radical (unpaired) electrons. The minimum Gasteiger partial charge on any atom is -0.493 e. The molecule has 2 aromatic rings. The molecule has 0 heterocycles. The van der Waals surface area contributed by atoms with E-state index < -0.39 is 0 Å².